The van der Waals surface area contributed by atoms with E-state index in [0.717, 1.165) is 38.5 Å². The fourth-order valence-corrected chi connectivity index (χ4v) is 2.76. The van der Waals surface area contributed by atoms with Crippen LogP contribution < -0.4 is 5.32 Å². The third kappa shape index (κ3) is 2.17. The molecule has 0 bridgehead atoms. The molecule has 2 saturated carbocycles. The number of carbonyl (C=O) groups is 2. The Labute approximate surface area is 102 Å². The first-order chi connectivity index (χ1) is 7.88. The normalized spacial score (nSPS) is 26.2. The Morgan fingerprint density at radius 2 is 1.82 bits per heavy atom. The number of carbonyl (C=O) groups excluding carboxylic acids is 1. The monoisotopic (exact) mass is 239 g/mol. The van der Waals surface area contributed by atoms with Crippen molar-refractivity contribution in [2.45, 2.75) is 57.9 Å². The highest BCUT2D eigenvalue weighted by atomic mass is 16.4. The maximum atomic E-state index is 12.2. The molecule has 4 heteroatoms. The second kappa shape index (κ2) is 4.00. The minimum absolute atomic E-state index is 0.0770. The number of amides is 1. The van der Waals surface area contributed by atoms with Gasteiger partial charge in [0.1, 0.15) is 5.54 Å². The van der Waals surface area contributed by atoms with Crippen LogP contribution in [0, 0.1) is 11.3 Å². The molecule has 0 spiro atoms. The van der Waals surface area contributed by atoms with Gasteiger partial charge >= 0.3 is 5.97 Å². The maximum absolute atomic E-state index is 12.2. The molecule has 0 aliphatic heterocycles. The molecule has 0 aromatic carbocycles. The summed E-state index contributed by atoms with van der Waals surface area (Å²) in [6, 6.07) is 0. The summed E-state index contributed by atoms with van der Waals surface area (Å²) in [4.78, 5) is 23.6. The van der Waals surface area contributed by atoms with Crippen LogP contribution in [0.4, 0.5) is 0 Å². The molecular formula is C13H21NO3. The third-order valence-electron chi connectivity index (χ3n) is 4.47. The summed E-state index contributed by atoms with van der Waals surface area (Å²) >= 11 is 0. The van der Waals surface area contributed by atoms with Gasteiger partial charge in [-0.1, -0.05) is 19.8 Å². The van der Waals surface area contributed by atoms with E-state index in [1.165, 1.54) is 0 Å². The van der Waals surface area contributed by atoms with Gasteiger partial charge in [-0.05, 0) is 38.5 Å². The van der Waals surface area contributed by atoms with Gasteiger partial charge in [-0.3, -0.25) is 4.79 Å². The van der Waals surface area contributed by atoms with E-state index >= 15 is 0 Å². The highest BCUT2D eigenvalue weighted by Crippen LogP contribution is 2.42. The second-order valence-corrected chi connectivity index (χ2v) is 6.00. The Morgan fingerprint density at radius 3 is 2.24 bits per heavy atom. The van der Waals surface area contributed by atoms with Crippen molar-refractivity contribution in [1.29, 1.82) is 0 Å². The molecule has 1 amide bonds. The Balaban J connectivity index is 2.08. The smallest absolute Gasteiger partial charge is 0.329 e. The number of carboxylic acids is 1. The van der Waals surface area contributed by atoms with E-state index in [1.54, 1.807) is 6.92 Å². The molecule has 17 heavy (non-hydrogen) atoms. The standard InChI is InChI=1S/C13H21NO3/c1-12(7-3-4-8-12)10(15)14-13(2,11(16)17)9-5-6-9/h9H,3-8H2,1-2H3,(H,14,15)(H,16,17). The molecule has 2 aliphatic carbocycles. The zero-order chi connectivity index (χ0) is 12.7. The fraction of sp³-hybridized carbons (Fsp3) is 0.846. The highest BCUT2D eigenvalue weighted by molar-refractivity contribution is 5.90. The van der Waals surface area contributed by atoms with Crippen molar-refractivity contribution in [2.75, 3.05) is 0 Å². The van der Waals surface area contributed by atoms with Crippen molar-refractivity contribution in [3.8, 4) is 0 Å². The van der Waals surface area contributed by atoms with Crippen molar-refractivity contribution in [3.05, 3.63) is 0 Å². The Kier molecular flexibility index (Phi) is 2.92. The van der Waals surface area contributed by atoms with Gasteiger partial charge in [0, 0.05) is 5.41 Å². The SMILES string of the molecule is CC1(C(=O)NC(C)(C(=O)O)C2CC2)CCCC1. The molecule has 2 fully saturated rings. The van der Waals surface area contributed by atoms with E-state index in [2.05, 4.69) is 5.32 Å². The molecule has 2 aliphatic rings. The lowest BCUT2D eigenvalue weighted by Crippen LogP contribution is -2.57. The van der Waals surface area contributed by atoms with Crippen LogP contribution in [0.3, 0.4) is 0 Å². The van der Waals surface area contributed by atoms with Crippen LogP contribution in [0.15, 0.2) is 0 Å². The summed E-state index contributed by atoms with van der Waals surface area (Å²) in [5.74, 6) is -0.879. The largest absolute Gasteiger partial charge is 0.480 e. The molecule has 0 aromatic rings. The fourth-order valence-electron chi connectivity index (χ4n) is 2.76. The first kappa shape index (κ1) is 12.4. The van der Waals surface area contributed by atoms with Crippen molar-refractivity contribution in [2.24, 2.45) is 11.3 Å². The number of aliphatic carboxylic acids is 1. The molecule has 2 rings (SSSR count). The van der Waals surface area contributed by atoms with Crippen LogP contribution in [-0.2, 0) is 9.59 Å². The van der Waals surface area contributed by atoms with E-state index in [1.807, 2.05) is 6.92 Å². The maximum Gasteiger partial charge on any atom is 0.329 e. The van der Waals surface area contributed by atoms with Crippen molar-refractivity contribution < 1.29 is 14.7 Å². The van der Waals surface area contributed by atoms with Gasteiger partial charge < -0.3 is 10.4 Å². The van der Waals surface area contributed by atoms with Crippen LogP contribution in [-0.4, -0.2) is 22.5 Å². The minimum Gasteiger partial charge on any atom is -0.480 e. The third-order valence-corrected chi connectivity index (χ3v) is 4.47. The number of hydrogen-bond donors (Lipinski definition) is 2. The lowest BCUT2D eigenvalue weighted by molar-refractivity contribution is -0.149. The summed E-state index contributed by atoms with van der Waals surface area (Å²) in [6.07, 6.45) is 5.69. The Morgan fingerprint density at radius 1 is 1.29 bits per heavy atom. The van der Waals surface area contributed by atoms with E-state index in [4.69, 9.17) is 0 Å². The Hall–Kier alpha value is -1.06. The molecular weight excluding hydrogens is 218 g/mol. The zero-order valence-electron chi connectivity index (χ0n) is 10.6. The van der Waals surface area contributed by atoms with Crippen LogP contribution in [0.2, 0.25) is 0 Å². The van der Waals surface area contributed by atoms with Crippen molar-refractivity contribution >= 4 is 11.9 Å². The van der Waals surface area contributed by atoms with Crippen molar-refractivity contribution in [3.63, 3.8) is 0 Å². The molecule has 2 N–H and O–H groups in total. The van der Waals surface area contributed by atoms with Gasteiger partial charge in [0.15, 0.2) is 0 Å². The van der Waals surface area contributed by atoms with Crippen LogP contribution in [0.1, 0.15) is 52.4 Å². The summed E-state index contributed by atoms with van der Waals surface area (Å²) in [7, 11) is 0. The second-order valence-electron chi connectivity index (χ2n) is 6.00. The molecule has 0 aromatic heterocycles. The minimum atomic E-state index is -1.07. The first-order valence-corrected chi connectivity index (χ1v) is 6.44. The van der Waals surface area contributed by atoms with E-state index in [0.29, 0.717) is 0 Å². The lowest BCUT2D eigenvalue weighted by atomic mass is 9.85. The summed E-state index contributed by atoms with van der Waals surface area (Å²) in [6.45, 7) is 3.59. The first-order valence-electron chi connectivity index (χ1n) is 6.44. The van der Waals surface area contributed by atoms with Crippen LogP contribution in [0.5, 0.6) is 0 Å². The molecule has 0 saturated heterocycles. The van der Waals surface area contributed by atoms with Gasteiger partial charge in [-0.15, -0.1) is 0 Å². The van der Waals surface area contributed by atoms with Gasteiger partial charge in [-0.2, -0.15) is 0 Å². The van der Waals surface area contributed by atoms with Crippen molar-refractivity contribution in [1.82, 2.24) is 5.32 Å². The number of nitrogens with one attached hydrogen (secondary N) is 1. The molecule has 96 valence electrons. The van der Waals surface area contributed by atoms with Gasteiger partial charge in [-0.25, -0.2) is 4.79 Å². The van der Waals surface area contributed by atoms with Gasteiger partial charge in [0.2, 0.25) is 5.91 Å². The molecule has 0 heterocycles. The van der Waals surface area contributed by atoms with E-state index < -0.39 is 11.5 Å². The van der Waals surface area contributed by atoms with Gasteiger partial charge in [0.05, 0.1) is 0 Å². The predicted octanol–water partition coefficient (Wildman–Crippen LogP) is 1.94. The van der Waals surface area contributed by atoms with E-state index in [-0.39, 0.29) is 17.2 Å². The predicted molar refractivity (Wildman–Crippen MR) is 63.5 cm³/mol. The molecule has 1 unspecified atom stereocenters. The van der Waals surface area contributed by atoms with Crippen LogP contribution in [0.25, 0.3) is 0 Å². The topological polar surface area (TPSA) is 66.4 Å². The van der Waals surface area contributed by atoms with Crippen LogP contribution >= 0.6 is 0 Å². The summed E-state index contributed by atoms with van der Waals surface area (Å²) in [5.41, 5.74) is -1.42. The Bertz CT molecular complexity index is 343. The summed E-state index contributed by atoms with van der Waals surface area (Å²) < 4.78 is 0. The highest BCUT2D eigenvalue weighted by Gasteiger charge is 2.50. The average molecular weight is 239 g/mol. The van der Waals surface area contributed by atoms with Gasteiger partial charge in [0.25, 0.3) is 0 Å². The molecule has 0 radical (unpaired) electrons. The molecule has 4 nitrogen and oxygen atoms in total. The number of hydrogen-bond acceptors (Lipinski definition) is 2. The number of carboxylic acid groups (broad SMARTS) is 1. The quantitative estimate of drug-likeness (QED) is 0.787. The van der Waals surface area contributed by atoms with E-state index in [9.17, 15) is 14.7 Å². The lowest BCUT2D eigenvalue weighted by Gasteiger charge is -2.31. The summed E-state index contributed by atoms with van der Waals surface area (Å²) in [5, 5.41) is 12.1. The molecule has 1 atom stereocenters. The zero-order valence-corrected chi connectivity index (χ0v) is 10.6. The average Bonchev–Trinajstić information content (AvgIpc) is 3.02. The number of rotatable bonds is 4.